The van der Waals surface area contributed by atoms with Gasteiger partial charge in [0.25, 0.3) is 5.91 Å². The van der Waals surface area contributed by atoms with E-state index >= 15 is 0 Å². The molecule has 0 radical (unpaired) electrons. The van der Waals surface area contributed by atoms with Gasteiger partial charge < -0.3 is 19.9 Å². The molecule has 5 heteroatoms. The van der Waals surface area contributed by atoms with E-state index in [2.05, 4.69) is 9.88 Å². The molecule has 2 fully saturated rings. The molecule has 0 bridgehead atoms. The van der Waals surface area contributed by atoms with E-state index in [1.165, 1.54) is 12.8 Å². The summed E-state index contributed by atoms with van der Waals surface area (Å²) in [4.78, 5) is 20.0. The van der Waals surface area contributed by atoms with E-state index in [1.54, 1.807) is 4.90 Å². The Hall–Kier alpha value is -1.85. The lowest BCUT2D eigenvalue weighted by Gasteiger charge is -2.28. The zero-order valence-corrected chi connectivity index (χ0v) is 13.3. The molecule has 0 spiro atoms. The summed E-state index contributed by atoms with van der Waals surface area (Å²) in [6.07, 6.45) is 3.09. The number of likely N-dealkylation sites (tertiary alicyclic amines) is 2. The third kappa shape index (κ3) is 2.86. The van der Waals surface area contributed by atoms with Crippen molar-refractivity contribution in [2.45, 2.75) is 24.9 Å². The number of aliphatic hydroxyl groups is 1. The standard InChI is InChI=1S/C18H23N3O2/c22-17(16-11-14-5-1-2-6-15(14)19-16)21-10-7-18(23,13-21)12-20-8-3-4-9-20/h1-2,5-6,11,19,23H,3-4,7-10,12-13H2/t18-/m0/s1. The molecule has 2 aliphatic rings. The molecule has 2 N–H and O–H groups in total. The van der Waals surface area contributed by atoms with Gasteiger partial charge in [0, 0.05) is 24.0 Å². The van der Waals surface area contributed by atoms with Crippen LogP contribution >= 0.6 is 0 Å². The molecule has 1 aromatic carbocycles. The first-order valence-electron chi connectivity index (χ1n) is 8.45. The Morgan fingerprint density at radius 3 is 2.78 bits per heavy atom. The van der Waals surface area contributed by atoms with Crippen molar-refractivity contribution in [1.29, 1.82) is 0 Å². The van der Waals surface area contributed by atoms with Crippen molar-refractivity contribution in [2.75, 3.05) is 32.7 Å². The summed E-state index contributed by atoms with van der Waals surface area (Å²) >= 11 is 0. The van der Waals surface area contributed by atoms with Crippen LogP contribution in [-0.2, 0) is 0 Å². The van der Waals surface area contributed by atoms with Crippen LogP contribution in [0.25, 0.3) is 10.9 Å². The first kappa shape index (κ1) is 14.7. The average molecular weight is 313 g/mol. The minimum atomic E-state index is -0.758. The second-order valence-electron chi connectivity index (χ2n) is 6.95. The maximum atomic E-state index is 12.7. The molecule has 3 heterocycles. The number of nitrogens with zero attached hydrogens (tertiary/aromatic N) is 2. The molecule has 4 rings (SSSR count). The monoisotopic (exact) mass is 313 g/mol. The number of β-amino-alcohol motifs (C(OH)–C–C–N with tert-alkyl or cyclic N) is 1. The predicted octanol–water partition coefficient (Wildman–Crippen LogP) is 1.84. The quantitative estimate of drug-likeness (QED) is 0.909. The Labute approximate surface area is 135 Å². The van der Waals surface area contributed by atoms with E-state index in [-0.39, 0.29) is 5.91 Å². The maximum Gasteiger partial charge on any atom is 0.270 e. The van der Waals surface area contributed by atoms with Crippen LogP contribution in [0.1, 0.15) is 29.8 Å². The van der Waals surface area contributed by atoms with Crippen LogP contribution in [0.3, 0.4) is 0 Å². The molecular weight excluding hydrogens is 290 g/mol. The molecule has 1 amide bonds. The molecule has 2 aliphatic heterocycles. The number of hydrogen-bond donors (Lipinski definition) is 2. The Balaban J connectivity index is 1.46. The van der Waals surface area contributed by atoms with Crippen LogP contribution in [0.4, 0.5) is 0 Å². The van der Waals surface area contributed by atoms with Crippen molar-refractivity contribution in [3.8, 4) is 0 Å². The predicted molar refractivity (Wildman–Crippen MR) is 89.4 cm³/mol. The highest BCUT2D eigenvalue weighted by Gasteiger charge is 2.40. The molecular formula is C18H23N3O2. The maximum absolute atomic E-state index is 12.7. The Morgan fingerprint density at radius 2 is 2.00 bits per heavy atom. The molecule has 5 nitrogen and oxygen atoms in total. The van der Waals surface area contributed by atoms with Gasteiger partial charge in [-0.15, -0.1) is 0 Å². The second-order valence-corrected chi connectivity index (χ2v) is 6.95. The van der Waals surface area contributed by atoms with Gasteiger partial charge >= 0.3 is 0 Å². The number of carbonyl (C=O) groups is 1. The van der Waals surface area contributed by atoms with E-state index < -0.39 is 5.60 Å². The van der Waals surface area contributed by atoms with Gasteiger partial charge in [-0.25, -0.2) is 0 Å². The second kappa shape index (κ2) is 5.65. The Morgan fingerprint density at radius 1 is 1.22 bits per heavy atom. The minimum Gasteiger partial charge on any atom is -0.387 e. The van der Waals surface area contributed by atoms with Crippen molar-refractivity contribution in [3.05, 3.63) is 36.0 Å². The molecule has 122 valence electrons. The molecule has 0 unspecified atom stereocenters. The number of nitrogens with one attached hydrogen (secondary N) is 1. The van der Waals surface area contributed by atoms with Crippen LogP contribution in [0.2, 0.25) is 0 Å². The van der Waals surface area contributed by atoms with Gasteiger partial charge in [-0.3, -0.25) is 4.79 Å². The highest BCUT2D eigenvalue weighted by molar-refractivity contribution is 5.98. The third-order valence-electron chi connectivity index (χ3n) is 5.10. The van der Waals surface area contributed by atoms with Gasteiger partial charge in [0.05, 0.1) is 12.1 Å². The van der Waals surface area contributed by atoms with Gasteiger partial charge in [-0.05, 0) is 44.5 Å². The summed E-state index contributed by atoms with van der Waals surface area (Å²) < 4.78 is 0. The van der Waals surface area contributed by atoms with Crippen molar-refractivity contribution in [3.63, 3.8) is 0 Å². The van der Waals surface area contributed by atoms with Gasteiger partial charge in [0.2, 0.25) is 0 Å². The first-order chi connectivity index (χ1) is 11.1. The molecule has 2 saturated heterocycles. The van der Waals surface area contributed by atoms with Crippen LogP contribution in [-0.4, -0.2) is 64.1 Å². The summed E-state index contributed by atoms with van der Waals surface area (Å²) in [5.41, 5.74) is 0.824. The lowest BCUT2D eigenvalue weighted by molar-refractivity contribution is 0.0175. The summed E-state index contributed by atoms with van der Waals surface area (Å²) in [6, 6.07) is 9.79. The summed E-state index contributed by atoms with van der Waals surface area (Å²) in [6.45, 7) is 3.87. The topological polar surface area (TPSA) is 59.6 Å². The molecule has 1 atom stereocenters. The van der Waals surface area contributed by atoms with E-state index in [4.69, 9.17) is 0 Å². The van der Waals surface area contributed by atoms with Gasteiger partial charge in [-0.2, -0.15) is 0 Å². The fourth-order valence-electron chi connectivity index (χ4n) is 3.87. The first-order valence-corrected chi connectivity index (χ1v) is 8.45. The van der Waals surface area contributed by atoms with E-state index in [0.29, 0.717) is 31.7 Å². The zero-order chi connectivity index (χ0) is 15.9. The number of benzene rings is 1. The fraction of sp³-hybridized carbons (Fsp3) is 0.500. The van der Waals surface area contributed by atoms with Crippen molar-refractivity contribution in [1.82, 2.24) is 14.8 Å². The number of hydrogen-bond acceptors (Lipinski definition) is 3. The van der Waals surface area contributed by atoms with Crippen molar-refractivity contribution in [2.24, 2.45) is 0 Å². The average Bonchev–Trinajstić information content (AvgIpc) is 3.26. The summed E-state index contributed by atoms with van der Waals surface area (Å²) in [5, 5.41) is 11.9. The largest absolute Gasteiger partial charge is 0.387 e. The molecule has 1 aromatic heterocycles. The Kier molecular flexibility index (Phi) is 3.62. The van der Waals surface area contributed by atoms with Gasteiger partial charge in [-0.1, -0.05) is 18.2 Å². The lowest BCUT2D eigenvalue weighted by Crippen LogP contribution is -2.45. The number of aromatic nitrogens is 1. The zero-order valence-electron chi connectivity index (χ0n) is 13.3. The normalized spacial score (nSPS) is 25.5. The highest BCUT2D eigenvalue weighted by Crippen LogP contribution is 2.26. The van der Waals surface area contributed by atoms with E-state index in [9.17, 15) is 9.90 Å². The highest BCUT2D eigenvalue weighted by atomic mass is 16.3. The van der Waals surface area contributed by atoms with Crippen LogP contribution in [0.15, 0.2) is 30.3 Å². The number of amides is 1. The van der Waals surface area contributed by atoms with Crippen molar-refractivity contribution < 1.29 is 9.90 Å². The SMILES string of the molecule is O=C(c1cc2ccccc2[nH]1)N1CC[C@](O)(CN2CCCC2)C1. The van der Waals surface area contributed by atoms with E-state index in [1.807, 2.05) is 30.3 Å². The summed E-state index contributed by atoms with van der Waals surface area (Å²) in [5.74, 6) is -0.0152. The molecule has 23 heavy (non-hydrogen) atoms. The number of H-pyrrole nitrogens is 1. The lowest BCUT2D eigenvalue weighted by atomic mass is 10.0. The van der Waals surface area contributed by atoms with Crippen LogP contribution in [0, 0.1) is 0 Å². The van der Waals surface area contributed by atoms with Crippen molar-refractivity contribution >= 4 is 16.8 Å². The summed E-state index contributed by atoms with van der Waals surface area (Å²) in [7, 11) is 0. The fourth-order valence-corrected chi connectivity index (χ4v) is 3.87. The van der Waals surface area contributed by atoms with E-state index in [0.717, 1.165) is 24.0 Å². The number of aromatic amines is 1. The number of fused-ring (bicyclic) bond motifs is 1. The smallest absolute Gasteiger partial charge is 0.270 e. The van der Waals surface area contributed by atoms with Crippen LogP contribution in [0.5, 0.6) is 0 Å². The third-order valence-corrected chi connectivity index (χ3v) is 5.10. The number of rotatable bonds is 3. The number of carbonyl (C=O) groups excluding carboxylic acids is 1. The number of para-hydroxylation sites is 1. The minimum absolute atomic E-state index is 0.0152. The molecule has 0 saturated carbocycles. The van der Waals surface area contributed by atoms with Gasteiger partial charge in [0.1, 0.15) is 5.69 Å². The molecule has 2 aromatic rings. The Bertz CT molecular complexity index is 687. The van der Waals surface area contributed by atoms with Gasteiger partial charge in [0.15, 0.2) is 0 Å². The van der Waals surface area contributed by atoms with Crippen LogP contribution < -0.4 is 0 Å². The molecule has 0 aliphatic carbocycles.